The molecule has 0 unspecified atom stereocenters. The van der Waals surface area contributed by atoms with Gasteiger partial charge in [0.15, 0.2) is 5.65 Å². The van der Waals surface area contributed by atoms with Crippen LogP contribution in [0.3, 0.4) is 0 Å². The molecule has 42 heavy (non-hydrogen) atoms. The Balaban J connectivity index is 1.52. The van der Waals surface area contributed by atoms with Crippen LogP contribution in [0.25, 0.3) is 28.2 Å². The van der Waals surface area contributed by atoms with Crippen LogP contribution in [-0.4, -0.2) is 80.7 Å². The number of anilines is 1. The van der Waals surface area contributed by atoms with Crippen LogP contribution in [0.15, 0.2) is 42.9 Å². The molecule has 1 aliphatic heterocycles. The van der Waals surface area contributed by atoms with E-state index in [-0.39, 0.29) is 24.9 Å². The fourth-order valence-electron chi connectivity index (χ4n) is 5.30. The number of piperazine rings is 1. The Morgan fingerprint density at radius 2 is 1.86 bits per heavy atom. The van der Waals surface area contributed by atoms with Crippen molar-refractivity contribution in [1.29, 1.82) is 0 Å². The molecule has 4 aromatic rings. The highest BCUT2D eigenvalue weighted by Crippen LogP contribution is 2.38. The molecule has 2 amide bonds. The molecular formula is C30H39N7O4Si. The normalized spacial score (nSPS) is 14.4. The summed E-state index contributed by atoms with van der Waals surface area (Å²) in [6.07, 6.45) is 2.48. The zero-order valence-electron chi connectivity index (χ0n) is 25.2. The number of carbonyl (C=O) groups excluding carboxylic acids is 1. The SMILES string of the molecule is Cc1cc(-c2c(C(C)C)c(-c3ccc(N4CCN(C(=O)O)CC4=O)cc3)nn2COCC[Si](C)(C)C)cn2ncnc12. The average Bonchev–Trinajstić information content (AvgIpc) is 3.56. The minimum absolute atomic E-state index is 0.143. The molecule has 11 nitrogen and oxygen atoms in total. The van der Waals surface area contributed by atoms with Gasteiger partial charge >= 0.3 is 6.09 Å². The van der Waals surface area contributed by atoms with Crippen molar-refractivity contribution in [3.8, 4) is 22.5 Å². The molecule has 1 fully saturated rings. The van der Waals surface area contributed by atoms with Crippen molar-refractivity contribution in [3.63, 3.8) is 0 Å². The molecule has 0 aliphatic carbocycles. The van der Waals surface area contributed by atoms with Crippen molar-refractivity contribution in [2.45, 2.75) is 59.1 Å². The first-order valence-corrected chi connectivity index (χ1v) is 18.0. The third kappa shape index (κ3) is 6.09. The molecule has 1 aliphatic rings. The predicted octanol–water partition coefficient (Wildman–Crippen LogP) is 5.33. The van der Waals surface area contributed by atoms with Crippen molar-refractivity contribution in [1.82, 2.24) is 29.3 Å². The van der Waals surface area contributed by atoms with Gasteiger partial charge in [-0.15, -0.1) is 0 Å². The van der Waals surface area contributed by atoms with E-state index in [0.29, 0.717) is 19.9 Å². The summed E-state index contributed by atoms with van der Waals surface area (Å²) in [4.78, 5) is 31.1. The zero-order chi connectivity index (χ0) is 30.2. The fourth-order valence-corrected chi connectivity index (χ4v) is 6.05. The van der Waals surface area contributed by atoms with Crippen molar-refractivity contribution in [3.05, 3.63) is 54.0 Å². The van der Waals surface area contributed by atoms with E-state index in [4.69, 9.17) is 9.84 Å². The van der Waals surface area contributed by atoms with E-state index in [0.717, 1.165) is 55.9 Å². The van der Waals surface area contributed by atoms with Crippen LogP contribution in [-0.2, 0) is 16.3 Å². The Labute approximate surface area is 246 Å². The molecule has 0 saturated carbocycles. The lowest BCUT2D eigenvalue weighted by atomic mass is 9.93. The summed E-state index contributed by atoms with van der Waals surface area (Å²) in [5.74, 6) is -0.0805. The van der Waals surface area contributed by atoms with Crippen molar-refractivity contribution in [2.24, 2.45) is 0 Å². The Morgan fingerprint density at radius 1 is 1.12 bits per heavy atom. The van der Waals surface area contributed by atoms with Crippen LogP contribution < -0.4 is 4.90 Å². The Hall–Kier alpha value is -4.03. The summed E-state index contributed by atoms with van der Waals surface area (Å²) < 4.78 is 9.94. The van der Waals surface area contributed by atoms with Crippen LogP contribution in [0.1, 0.15) is 30.9 Å². The number of rotatable bonds is 9. The third-order valence-corrected chi connectivity index (χ3v) is 9.26. The summed E-state index contributed by atoms with van der Waals surface area (Å²) >= 11 is 0. The molecule has 5 rings (SSSR count). The monoisotopic (exact) mass is 589 g/mol. The molecule has 0 radical (unpaired) electrons. The maximum atomic E-state index is 12.7. The number of aromatic nitrogens is 5. The van der Waals surface area contributed by atoms with E-state index >= 15 is 0 Å². The van der Waals surface area contributed by atoms with Gasteiger partial charge in [0.2, 0.25) is 5.91 Å². The van der Waals surface area contributed by atoms with Crippen LogP contribution in [0.2, 0.25) is 25.7 Å². The largest absolute Gasteiger partial charge is 0.465 e. The summed E-state index contributed by atoms with van der Waals surface area (Å²) in [5, 5.41) is 18.7. The molecule has 1 saturated heterocycles. The molecule has 3 aromatic heterocycles. The molecule has 1 aromatic carbocycles. The van der Waals surface area contributed by atoms with Gasteiger partial charge in [-0.2, -0.15) is 10.2 Å². The average molecular weight is 590 g/mol. The molecule has 0 atom stereocenters. The second-order valence-electron chi connectivity index (χ2n) is 12.3. The quantitative estimate of drug-likeness (QED) is 0.207. The number of benzene rings is 1. The number of amides is 2. The van der Waals surface area contributed by atoms with Gasteiger partial charge in [-0.1, -0.05) is 45.6 Å². The van der Waals surface area contributed by atoms with Crippen molar-refractivity contribution in [2.75, 3.05) is 31.1 Å². The number of carboxylic acid groups (broad SMARTS) is 1. The van der Waals surface area contributed by atoms with Gasteiger partial charge < -0.3 is 14.7 Å². The molecule has 222 valence electrons. The lowest BCUT2D eigenvalue weighted by Gasteiger charge is -2.32. The lowest BCUT2D eigenvalue weighted by molar-refractivity contribution is -0.120. The molecule has 0 spiro atoms. The lowest BCUT2D eigenvalue weighted by Crippen LogP contribution is -2.52. The minimum Gasteiger partial charge on any atom is -0.465 e. The molecule has 4 heterocycles. The highest BCUT2D eigenvalue weighted by atomic mass is 28.3. The number of hydrogen-bond acceptors (Lipinski definition) is 6. The summed E-state index contributed by atoms with van der Waals surface area (Å²) in [6.45, 7) is 14.8. The van der Waals surface area contributed by atoms with E-state index in [9.17, 15) is 14.7 Å². The van der Waals surface area contributed by atoms with Gasteiger partial charge in [0.05, 0.1) is 11.4 Å². The molecule has 0 bridgehead atoms. The Kier molecular flexibility index (Phi) is 8.20. The molecule has 1 N–H and O–H groups in total. The fraction of sp³-hybridized carbons (Fsp3) is 0.433. The Morgan fingerprint density at radius 3 is 2.50 bits per heavy atom. The standard InChI is InChI=1S/C30H39N7O4Si/c1-20(2)26-27(22-7-9-24(10-8-22)35-12-11-34(30(39)40)17-25(35)38)33-37(19-41-13-14-42(4,5)6)28(26)23-15-21(3)29-31-18-32-36(29)16-23/h7-10,15-16,18,20H,11-14,17,19H2,1-6H3,(H,39,40). The topological polar surface area (TPSA) is 118 Å². The molecule has 12 heteroatoms. The number of ether oxygens (including phenoxy) is 1. The molecular weight excluding hydrogens is 550 g/mol. The number of fused-ring (bicyclic) bond motifs is 1. The van der Waals surface area contributed by atoms with Crippen LogP contribution in [0.5, 0.6) is 0 Å². The van der Waals surface area contributed by atoms with E-state index in [1.54, 1.807) is 15.7 Å². The van der Waals surface area contributed by atoms with Crippen LogP contribution in [0, 0.1) is 6.92 Å². The van der Waals surface area contributed by atoms with E-state index < -0.39 is 14.2 Å². The van der Waals surface area contributed by atoms with Crippen molar-refractivity contribution < 1.29 is 19.4 Å². The highest BCUT2D eigenvalue weighted by molar-refractivity contribution is 6.76. The van der Waals surface area contributed by atoms with Gasteiger partial charge in [0.25, 0.3) is 0 Å². The van der Waals surface area contributed by atoms with Gasteiger partial charge in [0, 0.05) is 56.3 Å². The van der Waals surface area contributed by atoms with Gasteiger partial charge in [-0.05, 0) is 42.6 Å². The number of pyridine rings is 1. The minimum atomic E-state index is -1.25. The van der Waals surface area contributed by atoms with E-state index in [1.807, 2.05) is 42.1 Å². The van der Waals surface area contributed by atoms with Gasteiger partial charge in [-0.25, -0.2) is 19.0 Å². The first kappa shape index (κ1) is 29.5. The summed E-state index contributed by atoms with van der Waals surface area (Å²) in [7, 11) is -1.25. The second-order valence-corrected chi connectivity index (χ2v) is 18.0. The first-order valence-electron chi connectivity index (χ1n) is 14.3. The van der Waals surface area contributed by atoms with Gasteiger partial charge in [0.1, 0.15) is 19.6 Å². The Bertz CT molecular complexity index is 1600. The second kappa shape index (κ2) is 11.7. The maximum Gasteiger partial charge on any atom is 0.407 e. The van der Waals surface area contributed by atoms with Crippen LogP contribution >= 0.6 is 0 Å². The van der Waals surface area contributed by atoms with Gasteiger partial charge in [-0.3, -0.25) is 9.69 Å². The predicted molar refractivity (Wildman–Crippen MR) is 165 cm³/mol. The number of carbonyl (C=O) groups is 2. The smallest absolute Gasteiger partial charge is 0.407 e. The number of nitrogens with zero attached hydrogens (tertiary/aromatic N) is 7. The third-order valence-electron chi connectivity index (χ3n) is 7.55. The van der Waals surface area contributed by atoms with E-state index in [2.05, 4.69) is 49.6 Å². The van der Waals surface area contributed by atoms with E-state index in [1.165, 1.54) is 0 Å². The highest BCUT2D eigenvalue weighted by Gasteiger charge is 2.28. The first-order chi connectivity index (χ1) is 19.9. The number of aryl methyl sites for hydroxylation is 1. The zero-order valence-corrected chi connectivity index (χ0v) is 26.2. The number of hydrogen-bond donors (Lipinski definition) is 1. The summed E-state index contributed by atoms with van der Waals surface area (Å²) in [5.41, 5.74) is 7.43. The maximum absolute atomic E-state index is 12.7. The summed E-state index contributed by atoms with van der Waals surface area (Å²) in [6, 6.07) is 11.0. The van der Waals surface area contributed by atoms with Crippen molar-refractivity contribution >= 4 is 31.4 Å². The van der Waals surface area contributed by atoms with Crippen LogP contribution in [0.4, 0.5) is 10.5 Å².